The average Bonchev–Trinajstić information content (AvgIpc) is 3.79. The molecule has 0 radical (unpaired) electrons. The van der Waals surface area contributed by atoms with Crippen molar-refractivity contribution in [3.63, 3.8) is 0 Å². The van der Waals surface area contributed by atoms with Crippen molar-refractivity contribution in [3.8, 4) is 56.4 Å². The Balaban J connectivity index is 1.28. The first-order valence-corrected chi connectivity index (χ1v) is 19.3. The van der Waals surface area contributed by atoms with Gasteiger partial charge in [0.15, 0.2) is 5.82 Å². The number of hydrogen-bond donors (Lipinski definition) is 0. The van der Waals surface area contributed by atoms with Gasteiger partial charge in [-0.05, 0) is 72.7 Å². The Bertz CT molecular complexity index is 3090. The third-order valence-corrected chi connectivity index (χ3v) is 10.8. The van der Waals surface area contributed by atoms with E-state index in [1.807, 2.05) is 30.3 Å². The Hall–Kier alpha value is -7.56. The van der Waals surface area contributed by atoms with Crippen LogP contribution < -0.4 is 0 Å². The predicted octanol–water partition coefficient (Wildman–Crippen LogP) is 13.9. The summed E-state index contributed by atoms with van der Waals surface area (Å²) in [5.41, 5.74) is 14.6. The van der Waals surface area contributed by atoms with Gasteiger partial charge in [-0.15, -0.1) is 0 Å². The van der Waals surface area contributed by atoms with Crippen LogP contribution in [0.3, 0.4) is 0 Å². The fraction of sp³-hybridized carbons (Fsp3) is 0.0189. The van der Waals surface area contributed by atoms with Crippen LogP contribution in [0.4, 0.5) is 0 Å². The summed E-state index contributed by atoms with van der Waals surface area (Å²) >= 11 is 0. The number of fused-ring (bicyclic) bond motifs is 4. The van der Waals surface area contributed by atoms with Crippen molar-refractivity contribution >= 4 is 44.9 Å². The summed E-state index contributed by atoms with van der Waals surface area (Å²) in [5, 5.41) is 3.58. The maximum absolute atomic E-state index is 5.34. The summed E-state index contributed by atoms with van der Waals surface area (Å²) in [4.78, 5) is 10.6. The molecule has 0 spiro atoms. The highest BCUT2D eigenvalue weighted by molar-refractivity contribution is 6.09. The van der Waals surface area contributed by atoms with Crippen LogP contribution in [0.5, 0.6) is 0 Å². The van der Waals surface area contributed by atoms with Gasteiger partial charge >= 0.3 is 0 Å². The molecule has 0 saturated carbocycles. The molecule has 270 valence electrons. The highest BCUT2D eigenvalue weighted by atomic mass is 15.0. The number of hydrogen-bond acceptors (Lipinski definition) is 2. The number of nitrogens with zero attached hydrogens (tertiary/aromatic N) is 4. The molecule has 0 unspecified atom stereocenters. The van der Waals surface area contributed by atoms with Crippen LogP contribution in [0.15, 0.2) is 195 Å². The van der Waals surface area contributed by atoms with E-state index in [0.29, 0.717) is 5.82 Å². The molecule has 0 saturated heterocycles. The Kier molecular flexibility index (Phi) is 8.50. The van der Waals surface area contributed by atoms with Crippen molar-refractivity contribution in [2.45, 2.75) is 6.92 Å². The molecule has 10 rings (SSSR count). The first-order chi connectivity index (χ1) is 28.2. The molecule has 7 aromatic carbocycles. The smallest absolute Gasteiger partial charge is 0.160 e. The Labute approximate surface area is 332 Å². The first kappa shape index (κ1) is 34.0. The fourth-order valence-electron chi connectivity index (χ4n) is 8.25. The minimum Gasteiger partial charge on any atom is -0.309 e. The molecule has 0 fully saturated rings. The molecular formula is C53H38N4. The van der Waals surface area contributed by atoms with Crippen LogP contribution in [0.2, 0.25) is 0 Å². The number of allylic oxidation sites excluding steroid dienone is 1. The highest BCUT2D eigenvalue weighted by Gasteiger charge is 2.20. The first-order valence-electron chi connectivity index (χ1n) is 19.3. The van der Waals surface area contributed by atoms with Crippen molar-refractivity contribution in [2.24, 2.45) is 0 Å². The molecule has 0 N–H and O–H groups in total. The van der Waals surface area contributed by atoms with Crippen molar-refractivity contribution < 1.29 is 0 Å². The molecule has 4 heteroatoms. The Morgan fingerprint density at radius 3 is 1.58 bits per heavy atom. The SMILES string of the molecule is C=Cc1c(/C=C\C)n(-c2cc(-c3cc(-c4cccc(-c5ccccc5)c4)nc(-c4ccccc4)n3)cc(-n3c4ccccc4c4ccccc43)c2)c2ccccc12. The second-order valence-electron chi connectivity index (χ2n) is 14.2. The lowest BCUT2D eigenvalue weighted by molar-refractivity contribution is 1.08. The topological polar surface area (TPSA) is 35.6 Å². The van der Waals surface area contributed by atoms with Gasteiger partial charge in [0.2, 0.25) is 0 Å². The fourth-order valence-corrected chi connectivity index (χ4v) is 8.25. The number of benzene rings is 7. The number of para-hydroxylation sites is 3. The quantitative estimate of drug-likeness (QED) is 0.156. The second-order valence-corrected chi connectivity index (χ2v) is 14.2. The van der Waals surface area contributed by atoms with Crippen LogP contribution in [0.25, 0.3) is 101 Å². The van der Waals surface area contributed by atoms with E-state index in [1.165, 1.54) is 10.8 Å². The van der Waals surface area contributed by atoms with Gasteiger partial charge in [0.1, 0.15) is 0 Å². The van der Waals surface area contributed by atoms with E-state index in [9.17, 15) is 0 Å². The van der Waals surface area contributed by atoms with Gasteiger partial charge in [-0.25, -0.2) is 9.97 Å². The van der Waals surface area contributed by atoms with Crippen molar-refractivity contribution in [3.05, 3.63) is 206 Å². The lowest BCUT2D eigenvalue weighted by Gasteiger charge is -2.17. The van der Waals surface area contributed by atoms with Crippen LogP contribution in [-0.2, 0) is 0 Å². The van der Waals surface area contributed by atoms with E-state index in [1.54, 1.807) is 0 Å². The molecule has 0 aliphatic heterocycles. The largest absolute Gasteiger partial charge is 0.309 e. The van der Waals surface area contributed by atoms with E-state index < -0.39 is 0 Å². The molecule has 4 nitrogen and oxygen atoms in total. The zero-order valence-corrected chi connectivity index (χ0v) is 31.5. The summed E-state index contributed by atoms with van der Waals surface area (Å²) in [6, 6.07) is 64.3. The molecule has 57 heavy (non-hydrogen) atoms. The lowest BCUT2D eigenvalue weighted by atomic mass is 10.0. The van der Waals surface area contributed by atoms with Crippen molar-refractivity contribution in [2.75, 3.05) is 0 Å². The monoisotopic (exact) mass is 730 g/mol. The molecule has 0 bridgehead atoms. The highest BCUT2D eigenvalue weighted by Crippen LogP contribution is 2.38. The van der Waals surface area contributed by atoms with E-state index in [2.05, 4.69) is 193 Å². The normalized spacial score (nSPS) is 11.6. The molecule has 0 atom stereocenters. The molecule has 0 aliphatic carbocycles. The van der Waals surface area contributed by atoms with Crippen LogP contribution >= 0.6 is 0 Å². The van der Waals surface area contributed by atoms with Gasteiger partial charge in [0.25, 0.3) is 0 Å². The molecular weight excluding hydrogens is 693 g/mol. The zero-order valence-electron chi connectivity index (χ0n) is 31.5. The summed E-state index contributed by atoms with van der Waals surface area (Å²) in [6.07, 6.45) is 6.25. The van der Waals surface area contributed by atoms with Crippen molar-refractivity contribution in [1.82, 2.24) is 19.1 Å². The molecule has 10 aromatic rings. The summed E-state index contributed by atoms with van der Waals surface area (Å²) < 4.78 is 4.74. The summed E-state index contributed by atoms with van der Waals surface area (Å²) in [7, 11) is 0. The van der Waals surface area contributed by atoms with Gasteiger partial charge in [0, 0.05) is 49.8 Å². The number of aromatic nitrogens is 4. The van der Waals surface area contributed by atoms with E-state index in [-0.39, 0.29) is 0 Å². The molecule has 3 heterocycles. The molecule has 0 aliphatic rings. The molecule has 0 amide bonds. The summed E-state index contributed by atoms with van der Waals surface area (Å²) in [6.45, 7) is 6.32. The standard InChI is InChI=1S/C53H38N4/c1-3-18-49-43(4-2)44-25-11-14-28-50(44)56(49)41-32-40(33-42(34-41)57-51-29-15-12-26-45(51)46-27-13-16-30-52(46)57)48-35-47(54-53(55-48)37-21-9-6-10-22-37)39-24-17-23-38(31-39)36-19-7-5-8-20-36/h3-35H,2H2,1H3/b18-3-. The third-order valence-electron chi connectivity index (χ3n) is 10.8. The lowest BCUT2D eigenvalue weighted by Crippen LogP contribution is -2.03. The van der Waals surface area contributed by atoms with E-state index in [4.69, 9.17) is 9.97 Å². The zero-order chi connectivity index (χ0) is 38.3. The Morgan fingerprint density at radius 2 is 0.947 bits per heavy atom. The maximum atomic E-state index is 5.34. The van der Waals surface area contributed by atoms with Crippen molar-refractivity contribution in [1.29, 1.82) is 0 Å². The summed E-state index contributed by atoms with van der Waals surface area (Å²) in [5.74, 6) is 0.673. The van der Waals surface area contributed by atoms with E-state index in [0.717, 1.165) is 83.8 Å². The molecule has 3 aromatic heterocycles. The predicted molar refractivity (Wildman–Crippen MR) is 240 cm³/mol. The van der Waals surface area contributed by atoms with Crippen LogP contribution in [-0.4, -0.2) is 19.1 Å². The minimum absolute atomic E-state index is 0.673. The minimum atomic E-state index is 0.673. The third kappa shape index (κ3) is 5.96. The van der Waals surface area contributed by atoms with Crippen LogP contribution in [0, 0.1) is 0 Å². The van der Waals surface area contributed by atoms with Gasteiger partial charge < -0.3 is 9.13 Å². The van der Waals surface area contributed by atoms with Gasteiger partial charge in [-0.3, -0.25) is 0 Å². The Morgan fingerprint density at radius 1 is 0.439 bits per heavy atom. The second kappa shape index (κ2) is 14.3. The average molecular weight is 731 g/mol. The van der Waals surface area contributed by atoms with Gasteiger partial charge in [-0.1, -0.05) is 152 Å². The number of rotatable bonds is 8. The van der Waals surface area contributed by atoms with Gasteiger partial charge in [-0.2, -0.15) is 0 Å². The maximum Gasteiger partial charge on any atom is 0.160 e. The van der Waals surface area contributed by atoms with Gasteiger partial charge in [0.05, 0.1) is 33.6 Å². The van der Waals surface area contributed by atoms with Crippen LogP contribution in [0.1, 0.15) is 18.2 Å². The van der Waals surface area contributed by atoms with E-state index >= 15 is 0 Å².